The Balaban J connectivity index is 2.18. The fourth-order valence-electron chi connectivity index (χ4n) is 2.00. The van der Waals surface area contributed by atoms with Crippen molar-refractivity contribution in [1.82, 2.24) is 24.4 Å². The van der Waals surface area contributed by atoms with E-state index < -0.39 is 5.97 Å². The maximum Gasteiger partial charge on any atom is 0.338 e. The first-order valence-electron chi connectivity index (χ1n) is 6.49. The van der Waals surface area contributed by atoms with Gasteiger partial charge in [0.25, 0.3) is 0 Å². The van der Waals surface area contributed by atoms with Gasteiger partial charge in [-0.25, -0.2) is 19.0 Å². The van der Waals surface area contributed by atoms with Gasteiger partial charge in [0.15, 0.2) is 5.82 Å². The molecule has 108 valence electrons. The lowest BCUT2D eigenvalue weighted by atomic mass is 9.92. The van der Waals surface area contributed by atoms with Crippen LogP contribution < -0.4 is 0 Å². The predicted octanol–water partition coefficient (Wildman–Crippen LogP) is 1.91. The van der Waals surface area contributed by atoms with Crippen LogP contribution in [-0.2, 0) is 5.41 Å². The summed E-state index contributed by atoms with van der Waals surface area (Å²) in [6.45, 7) is 6.24. The zero-order valence-electron chi connectivity index (χ0n) is 12.0. The lowest BCUT2D eigenvalue weighted by Gasteiger charge is -2.13. The summed E-state index contributed by atoms with van der Waals surface area (Å²) in [7, 11) is 0. The van der Waals surface area contributed by atoms with Gasteiger partial charge in [0, 0.05) is 24.0 Å². The average Bonchev–Trinajstić information content (AvgIpc) is 3.04. The quantitative estimate of drug-likeness (QED) is 0.777. The Hall–Kier alpha value is -2.70. The highest BCUT2D eigenvalue weighted by Gasteiger charge is 2.20. The summed E-state index contributed by atoms with van der Waals surface area (Å²) >= 11 is 0. The molecule has 0 aliphatic carbocycles. The Morgan fingerprint density at radius 2 is 2.10 bits per heavy atom. The van der Waals surface area contributed by atoms with Crippen molar-refractivity contribution in [2.75, 3.05) is 0 Å². The molecule has 3 aromatic heterocycles. The van der Waals surface area contributed by atoms with Gasteiger partial charge in [-0.2, -0.15) is 10.2 Å². The van der Waals surface area contributed by atoms with Crippen LogP contribution in [0.3, 0.4) is 0 Å². The fraction of sp³-hybridized carbons (Fsp3) is 0.286. The fourth-order valence-corrected chi connectivity index (χ4v) is 2.00. The van der Waals surface area contributed by atoms with Crippen molar-refractivity contribution in [3.63, 3.8) is 0 Å². The molecule has 7 nitrogen and oxygen atoms in total. The Labute approximate surface area is 120 Å². The number of carboxylic acids is 1. The summed E-state index contributed by atoms with van der Waals surface area (Å²) in [6, 6.07) is 1.95. The van der Waals surface area contributed by atoms with E-state index in [2.05, 4.69) is 36.0 Å². The second kappa shape index (κ2) is 4.41. The van der Waals surface area contributed by atoms with Gasteiger partial charge in [-0.3, -0.25) is 0 Å². The maximum absolute atomic E-state index is 11.0. The number of aromatic carboxylic acids is 1. The van der Waals surface area contributed by atoms with Gasteiger partial charge in [-0.1, -0.05) is 20.8 Å². The summed E-state index contributed by atoms with van der Waals surface area (Å²) in [5.41, 5.74) is 1.75. The van der Waals surface area contributed by atoms with Crippen molar-refractivity contribution in [3.8, 4) is 5.82 Å². The number of hydrogen-bond acceptors (Lipinski definition) is 4. The molecule has 0 fully saturated rings. The van der Waals surface area contributed by atoms with Crippen molar-refractivity contribution >= 4 is 11.5 Å². The minimum absolute atomic E-state index is 0.0837. The van der Waals surface area contributed by atoms with Crippen LogP contribution in [-0.4, -0.2) is 35.5 Å². The van der Waals surface area contributed by atoms with Gasteiger partial charge < -0.3 is 5.11 Å². The molecule has 0 saturated heterocycles. The first-order valence-corrected chi connectivity index (χ1v) is 6.49. The van der Waals surface area contributed by atoms with Crippen LogP contribution in [0.25, 0.3) is 11.3 Å². The number of rotatable bonds is 2. The second-order valence-corrected chi connectivity index (χ2v) is 5.84. The third-order valence-electron chi connectivity index (χ3n) is 3.18. The van der Waals surface area contributed by atoms with E-state index in [0.717, 1.165) is 11.2 Å². The Bertz CT molecular complexity index is 825. The van der Waals surface area contributed by atoms with Gasteiger partial charge in [0.2, 0.25) is 0 Å². The number of carbonyl (C=O) groups is 1. The molecule has 0 aliphatic heterocycles. The molecule has 3 heterocycles. The zero-order valence-corrected chi connectivity index (χ0v) is 12.0. The highest BCUT2D eigenvalue weighted by Crippen LogP contribution is 2.24. The lowest BCUT2D eigenvalue weighted by molar-refractivity contribution is 0.0697. The highest BCUT2D eigenvalue weighted by atomic mass is 16.4. The topological polar surface area (TPSA) is 85.3 Å². The number of aromatic nitrogens is 5. The first-order chi connectivity index (χ1) is 9.86. The molecule has 1 N–H and O–H groups in total. The molecule has 21 heavy (non-hydrogen) atoms. The van der Waals surface area contributed by atoms with Crippen LogP contribution in [0.5, 0.6) is 0 Å². The van der Waals surface area contributed by atoms with E-state index >= 15 is 0 Å². The normalized spacial score (nSPS) is 12.0. The van der Waals surface area contributed by atoms with Crippen LogP contribution in [0.15, 0.2) is 30.9 Å². The minimum atomic E-state index is -1.02. The van der Waals surface area contributed by atoms with Crippen molar-refractivity contribution in [2.24, 2.45) is 0 Å². The predicted molar refractivity (Wildman–Crippen MR) is 75.8 cm³/mol. The second-order valence-electron chi connectivity index (χ2n) is 5.84. The van der Waals surface area contributed by atoms with E-state index in [4.69, 9.17) is 5.11 Å². The third-order valence-corrected chi connectivity index (χ3v) is 3.18. The molecular formula is C14H15N5O2. The zero-order chi connectivity index (χ0) is 15.2. The molecule has 0 saturated carbocycles. The van der Waals surface area contributed by atoms with Crippen LogP contribution >= 0.6 is 0 Å². The largest absolute Gasteiger partial charge is 0.478 e. The standard InChI is InChI=1S/C14H15N5O2/c1-14(2,3)11-6-10-12(15-4-5-18(10)17-11)19-8-9(7-16-19)13(20)21/h4-8H,1-3H3,(H,20,21). The molecule has 0 aliphatic rings. The Morgan fingerprint density at radius 3 is 2.71 bits per heavy atom. The van der Waals surface area contributed by atoms with Crippen molar-refractivity contribution in [1.29, 1.82) is 0 Å². The molecule has 3 aromatic rings. The van der Waals surface area contributed by atoms with Gasteiger partial charge >= 0.3 is 5.97 Å². The Kier molecular flexibility index (Phi) is 2.79. The van der Waals surface area contributed by atoms with Crippen molar-refractivity contribution < 1.29 is 9.90 Å². The Morgan fingerprint density at radius 1 is 1.33 bits per heavy atom. The summed E-state index contributed by atoms with van der Waals surface area (Å²) < 4.78 is 3.18. The molecule has 0 radical (unpaired) electrons. The summed E-state index contributed by atoms with van der Waals surface area (Å²) in [5, 5.41) is 17.6. The van der Waals surface area contributed by atoms with Gasteiger partial charge in [0.1, 0.15) is 5.52 Å². The van der Waals surface area contributed by atoms with Gasteiger partial charge in [0.05, 0.1) is 17.5 Å². The smallest absolute Gasteiger partial charge is 0.338 e. The number of carboxylic acid groups (broad SMARTS) is 1. The highest BCUT2D eigenvalue weighted by molar-refractivity contribution is 5.87. The first kappa shape index (κ1) is 13.3. The number of fused-ring (bicyclic) bond motifs is 1. The molecule has 0 amide bonds. The molecule has 7 heteroatoms. The van der Waals surface area contributed by atoms with E-state index in [1.807, 2.05) is 6.07 Å². The van der Waals surface area contributed by atoms with E-state index in [-0.39, 0.29) is 11.0 Å². The van der Waals surface area contributed by atoms with Crippen LogP contribution in [0.1, 0.15) is 36.8 Å². The minimum Gasteiger partial charge on any atom is -0.478 e. The molecule has 0 atom stereocenters. The van der Waals surface area contributed by atoms with Gasteiger partial charge in [-0.05, 0) is 6.07 Å². The number of hydrogen-bond donors (Lipinski definition) is 1. The average molecular weight is 285 g/mol. The van der Waals surface area contributed by atoms with Gasteiger partial charge in [-0.15, -0.1) is 0 Å². The summed E-state index contributed by atoms with van der Waals surface area (Å²) in [6.07, 6.45) is 6.11. The molecular weight excluding hydrogens is 270 g/mol. The SMILES string of the molecule is CC(C)(C)c1cc2c(-n3cc(C(=O)O)cn3)nccn2n1. The van der Waals surface area contributed by atoms with E-state index in [1.165, 1.54) is 17.1 Å². The van der Waals surface area contributed by atoms with E-state index in [0.29, 0.717) is 5.82 Å². The van der Waals surface area contributed by atoms with Crippen LogP contribution in [0.2, 0.25) is 0 Å². The van der Waals surface area contributed by atoms with Crippen LogP contribution in [0, 0.1) is 0 Å². The molecule has 3 rings (SSSR count). The summed E-state index contributed by atoms with van der Waals surface area (Å²) in [5.74, 6) is -0.468. The molecule has 0 aromatic carbocycles. The molecule has 0 spiro atoms. The van der Waals surface area contributed by atoms with E-state index in [9.17, 15) is 4.79 Å². The van der Waals surface area contributed by atoms with E-state index in [1.54, 1.807) is 16.9 Å². The molecule has 0 bridgehead atoms. The maximum atomic E-state index is 11.0. The lowest BCUT2D eigenvalue weighted by Crippen LogP contribution is -2.11. The third kappa shape index (κ3) is 2.26. The van der Waals surface area contributed by atoms with Crippen molar-refractivity contribution in [2.45, 2.75) is 26.2 Å². The monoisotopic (exact) mass is 285 g/mol. The number of nitrogens with zero attached hydrogens (tertiary/aromatic N) is 5. The van der Waals surface area contributed by atoms with Crippen LogP contribution in [0.4, 0.5) is 0 Å². The summed E-state index contributed by atoms with van der Waals surface area (Å²) in [4.78, 5) is 15.2. The molecule has 0 unspecified atom stereocenters. The van der Waals surface area contributed by atoms with Crippen molar-refractivity contribution in [3.05, 3.63) is 42.1 Å².